The number of aryl methyl sites for hydroxylation is 1. The van der Waals surface area contributed by atoms with E-state index in [1.54, 1.807) is 31.2 Å². The van der Waals surface area contributed by atoms with Gasteiger partial charge < -0.3 is 10.1 Å². The van der Waals surface area contributed by atoms with Gasteiger partial charge >= 0.3 is 0 Å². The number of ether oxygens (including phenoxy) is 1. The Kier molecular flexibility index (Phi) is 6.54. The van der Waals surface area contributed by atoms with Gasteiger partial charge in [-0.2, -0.15) is 4.31 Å². The van der Waals surface area contributed by atoms with Crippen LogP contribution >= 0.6 is 0 Å². The summed E-state index contributed by atoms with van der Waals surface area (Å²) >= 11 is 0. The molecule has 1 atom stereocenters. The highest BCUT2D eigenvalue weighted by molar-refractivity contribution is 7.89. The molecule has 0 aromatic heterocycles. The first kappa shape index (κ1) is 21.3. The third-order valence-corrected chi connectivity index (χ3v) is 6.85. The number of anilines is 1. The molecule has 1 heterocycles. The number of hydrogen-bond donors (Lipinski definition) is 1. The number of nitrogens with one attached hydrogen (secondary N) is 1. The SMILES string of the molecule is CCOc1ccc(S(=O)(=O)N2CCCC(C(=O)Nc3ccc(C)c(F)c3)C2)cc1. The highest BCUT2D eigenvalue weighted by Crippen LogP contribution is 2.26. The minimum absolute atomic E-state index is 0.0930. The van der Waals surface area contributed by atoms with Crippen molar-refractivity contribution in [1.29, 1.82) is 0 Å². The molecule has 1 aliphatic heterocycles. The summed E-state index contributed by atoms with van der Waals surface area (Å²) in [4.78, 5) is 12.8. The number of rotatable bonds is 6. The Morgan fingerprint density at radius 2 is 1.97 bits per heavy atom. The molecule has 0 radical (unpaired) electrons. The predicted molar refractivity (Wildman–Crippen MR) is 109 cm³/mol. The first-order chi connectivity index (χ1) is 13.8. The fourth-order valence-electron chi connectivity index (χ4n) is 3.31. The molecule has 156 valence electrons. The van der Waals surface area contributed by atoms with Gasteiger partial charge in [0.2, 0.25) is 15.9 Å². The molecule has 1 fully saturated rings. The number of sulfonamides is 1. The zero-order chi connectivity index (χ0) is 21.0. The van der Waals surface area contributed by atoms with Gasteiger partial charge in [-0.15, -0.1) is 0 Å². The summed E-state index contributed by atoms with van der Waals surface area (Å²) < 4.78 is 46.3. The van der Waals surface area contributed by atoms with Crippen molar-refractivity contribution in [2.45, 2.75) is 31.6 Å². The van der Waals surface area contributed by atoms with Crippen LogP contribution in [0.15, 0.2) is 47.4 Å². The van der Waals surface area contributed by atoms with Crippen molar-refractivity contribution < 1.29 is 22.3 Å². The summed E-state index contributed by atoms with van der Waals surface area (Å²) in [6, 6.07) is 10.8. The van der Waals surface area contributed by atoms with Crippen molar-refractivity contribution in [3.05, 3.63) is 53.8 Å². The highest BCUT2D eigenvalue weighted by atomic mass is 32.2. The average molecular weight is 421 g/mol. The number of carbonyl (C=O) groups excluding carboxylic acids is 1. The molecule has 1 unspecified atom stereocenters. The van der Waals surface area contributed by atoms with Crippen LogP contribution in [0.4, 0.5) is 10.1 Å². The molecule has 2 aromatic carbocycles. The van der Waals surface area contributed by atoms with E-state index in [0.717, 1.165) is 0 Å². The number of benzene rings is 2. The van der Waals surface area contributed by atoms with E-state index in [0.29, 0.717) is 43.0 Å². The van der Waals surface area contributed by atoms with Crippen LogP contribution in [0.2, 0.25) is 0 Å². The summed E-state index contributed by atoms with van der Waals surface area (Å²) in [6.45, 7) is 4.45. The minimum Gasteiger partial charge on any atom is -0.494 e. The van der Waals surface area contributed by atoms with E-state index in [1.165, 1.54) is 22.5 Å². The lowest BCUT2D eigenvalue weighted by Crippen LogP contribution is -2.43. The monoisotopic (exact) mass is 420 g/mol. The van der Waals surface area contributed by atoms with Crippen LogP contribution in [0.3, 0.4) is 0 Å². The number of amides is 1. The first-order valence-electron chi connectivity index (χ1n) is 9.61. The van der Waals surface area contributed by atoms with Gasteiger partial charge in [0.05, 0.1) is 17.4 Å². The number of nitrogens with zero attached hydrogens (tertiary/aromatic N) is 1. The fourth-order valence-corrected chi connectivity index (χ4v) is 4.84. The lowest BCUT2D eigenvalue weighted by atomic mass is 9.98. The average Bonchev–Trinajstić information content (AvgIpc) is 2.71. The summed E-state index contributed by atoms with van der Waals surface area (Å²) in [5.74, 6) is -0.593. The molecule has 0 saturated carbocycles. The van der Waals surface area contributed by atoms with Gasteiger partial charge in [0.15, 0.2) is 0 Å². The van der Waals surface area contributed by atoms with Crippen LogP contribution in [0.25, 0.3) is 0 Å². The second-order valence-corrected chi connectivity index (χ2v) is 9.00. The molecule has 8 heteroatoms. The van der Waals surface area contributed by atoms with Crippen molar-refractivity contribution in [3.8, 4) is 5.75 Å². The van der Waals surface area contributed by atoms with E-state index in [4.69, 9.17) is 4.74 Å². The third kappa shape index (κ3) is 4.94. The lowest BCUT2D eigenvalue weighted by Gasteiger charge is -2.31. The Balaban J connectivity index is 1.70. The Morgan fingerprint density at radius 1 is 1.24 bits per heavy atom. The van der Waals surface area contributed by atoms with Crippen molar-refractivity contribution >= 4 is 21.6 Å². The minimum atomic E-state index is -3.71. The lowest BCUT2D eigenvalue weighted by molar-refractivity contribution is -0.120. The number of hydrogen-bond acceptors (Lipinski definition) is 4. The summed E-state index contributed by atoms with van der Waals surface area (Å²) in [6.07, 6.45) is 1.16. The van der Waals surface area contributed by atoms with E-state index < -0.39 is 21.8 Å². The number of halogens is 1. The van der Waals surface area contributed by atoms with Crippen molar-refractivity contribution in [2.75, 3.05) is 25.0 Å². The van der Waals surface area contributed by atoms with Crippen LogP contribution in [0, 0.1) is 18.7 Å². The zero-order valence-corrected chi connectivity index (χ0v) is 17.3. The Bertz CT molecular complexity index is 977. The van der Waals surface area contributed by atoms with Gasteiger partial charge in [-0.1, -0.05) is 6.07 Å². The van der Waals surface area contributed by atoms with Gasteiger partial charge in [-0.3, -0.25) is 4.79 Å². The molecule has 29 heavy (non-hydrogen) atoms. The van der Waals surface area contributed by atoms with Crippen LogP contribution < -0.4 is 10.1 Å². The van der Waals surface area contributed by atoms with Crippen LogP contribution in [0.1, 0.15) is 25.3 Å². The Hall–Kier alpha value is -2.45. The smallest absolute Gasteiger partial charge is 0.243 e. The van der Waals surface area contributed by atoms with E-state index >= 15 is 0 Å². The number of piperidine rings is 1. The first-order valence-corrected chi connectivity index (χ1v) is 11.1. The molecule has 6 nitrogen and oxygen atoms in total. The zero-order valence-electron chi connectivity index (χ0n) is 16.5. The standard InChI is InChI=1S/C21H25FN2O4S/c1-3-28-18-8-10-19(11-9-18)29(26,27)24-12-4-5-16(14-24)21(25)23-17-7-6-15(2)20(22)13-17/h6-11,13,16H,3-5,12,14H2,1-2H3,(H,23,25). The van der Waals surface area contributed by atoms with Gasteiger partial charge in [0.1, 0.15) is 11.6 Å². The van der Waals surface area contributed by atoms with Crippen LogP contribution in [-0.4, -0.2) is 38.3 Å². The molecule has 0 bridgehead atoms. The third-order valence-electron chi connectivity index (χ3n) is 4.97. The second-order valence-electron chi connectivity index (χ2n) is 7.06. The van der Waals surface area contributed by atoms with Gasteiger partial charge in [0.25, 0.3) is 0 Å². The maximum Gasteiger partial charge on any atom is 0.243 e. The molecular formula is C21H25FN2O4S. The van der Waals surface area contributed by atoms with Gasteiger partial charge in [0, 0.05) is 18.8 Å². The van der Waals surface area contributed by atoms with Crippen LogP contribution in [-0.2, 0) is 14.8 Å². The maximum atomic E-state index is 13.7. The molecule has 3 rings (SSSR count). The fraction of sp³-hybridized carbons (Fsp3) is 0.381. The van der Waals surface area contributed by atoms with E-state index in [9.17, 15) is 17.6 Å². The Labute approximate surface area is 170 Å². The summed E-state index contributed by atoms with van der Waals surface area (Å²) in [5.41, 5.74) is 0.859. The molecule has 1 amide bonds. The molecule has 1 N–H and O–H groups in total. The Morgan fingerprint density at radius 3 is 2.62 bits per heavy atom. The van der Waals surface area contributed by atoms with Crippen LogP contribution in [0.5, 0.6) is 5.75 Å². The molecule has 1 saturated heterocycles. The van der Waals surface area contributed by atoms with Crippen molar-refractivity contribution in [2.24, 2.45) is 5.92 Å². The van der Waals surface area contributed by atoms with E-state index in [2.05, 4.69) is 5.32 Å². The van der Waals surface area contributed by atoms with Gasteiger partial charge in [-0.25, -0.2) is 12.8 Å². The molecule has 2 aromatic rings. The quantitative estimate of drug-likeness (QED) is 0.775. The molecule has 0 spiro atoms. The normalized spacial score (nSPS) is 17.7. The number of carbonyl (C=O) groups is 1. The summed E-state index contributed by atoms with van der Waals surface area (Å²) in [7, 11) is -3.71. The van der Waals surface area contributed by atoms with Gasteiger partial charge in [-0.05, 0) is 68.7 Å². The van der Waals surface area contributed by atoms with Crippen molar-refractivity contribution in [3.63, 3.8) is 0 Å². The predicted octanol–water partition coefficient (Wildman–Crippen LogP) is 3.57. The maximum absolute atomic E-state index is 13.7. The van der Waals surface area contributed by atoms with E-state index in [1.807, 2.05) is 6.92 Å². The highest BCUT2D eigenvalue weighted by Gasteiger charge is 2.33. The summed E-state index contributed by atoms with van der Waals surface area (Å²) in [5, 5.41) is 2.70. The second kappa shape index (κ2) is 8.92. The molecule has 1 aliphatic rings. The van der Waals surface area contributed by atoms with E-state index in [-0.39, 0.29) is 17.3 Å². The molecular weight excluding hydrogens is 395 g/mol. The topological polar surface area (TPSA) is 75.7 Å². The molecule has 0 aliphatic carbocycles. The van der Waals surface area contributed by atoms with Crippen molar-refractivity contribution in [1.82, 2.24) is 4.31 Å². The largest absolute Gasteiger partial charge is 0.494 e.